The minimum absolute atomic E-state index is 0.133. The predicted molar refractivity (Wildman–Crippen MR) is 92.6 cm³/mol. The Morgan fingerprint density at radius 1 is 1.17 bits per heavy atom. The lowest BCUT2D eigenvalue weighted by molar-refractivity contribution is 0.413. The van der Waals surface area contributed by atoms with Crippen LogP contribution in [0.4, 0.5) is 13.2 Å². The number of rotatable bonds is 3. The maximum atomic E-state index is 14.8. The summed E-state index contributed by atoms with van der Waals surface area (Å²) in [5.41, 5.74) is 2.47. The highest BCUT2D eigenvalue weighted by molar-refractivity contribution is 7.17. The van der Waals surface area contributed by atoms with Crippen LogP contribution in [-0.2, 0) is 0 Å². The van der Waals surface area contributed by atoms with Gasteiger partial charge in [-0.25, -0.2) is 8.78 Å². The third-order valence-electron chi connectivity index (χ3n) is 5.34. The molecular weight excluding hydrogens is 331 g/mol. The molecule has 0 amide bonds. The predicted octanol–water partition coefficient (Wildman–Crippen LogP) is 5.45. The Bertz CT molecular complexity index is 837. The molecule has 1 nitrogen and oxygen atoms in total. The van der Waals surface area contributed by atoms with Crippen LogP contribution in [-0.4, -0.2) is 25.5 Å². The van der Waals surface area contributed by atoms with Crippen LogP contribution in [0, 0.1) is 28.6 Å². The summed E-state index contributed by atoms with van der Waals surface area (Å²) in [6.45, 7) is 0.746. The van der Waals surface area contributed by atoms with E-state index in [1.165, 1.54) is 11.6 Å². The second-order valence-corrected chi connectivity index (χ2v) is 8.32. The van der Waals surface area contributed by atoms with Gasteiger partial charge >= 0.3 is 0 Å². The van der Waals surface area contributed by atoms with E-state index in [0.29, 0.717) is 16.2 Å². The zero-order valence-electron chi connectivity index (χ0n) is 13.8. The number of hydrogen-bond acceptors (Lipinski definition) is 2. The Labute approximate surface area is 143 Å². The molecule has 0 N–H and O–H groups in total. The quantitative estimate of drug-likeness (QED) is 0.710. The van der Waals surface area contributed by atoms with Crippen LogP contribution in [0.3, 0.4) is 0 Å². The van der Waals surface area contributed by atoms with Crippen molar-refractivity contribution in [2.75, 3.05) is 20.6 Å². The van der Waals surface area contributed by atoms with Crippen LogP contribution in [0.1, 0.15) is 31.2 Å². The number of nitrogens with zero attached hydrogens (tertiary/aromatic N) is 1. The molecule has 2 atom stereocenters. The van der Waals surface area contributed by atoms with Gasteiger partial charge in [-0.3, -0.25) is 0 Å². The van der Waals surface area contributed by atoms with Gasteiger partial charge in [-0.1, -0.05) is 5.57 Å². The number of allylic oxidation sites excluding steroid dienone is 1. The fourth-order valence-electron chi connectivity index (χ4n) is 4.52. The maximum absolute atomic E-state index is 14.8. The van der Waals surface area contributed by atoms with E-state index in [0.717, 1.165) is 55.2 Å². The number of halogens is 3. The second kappa shape index (κ2) is 5.88. The molecule has 2 bridgehead atoms. The fourth-order valence-corrected chi connectivity index (χ4v) is 5.46. The average Bonchev–Trinajstić information content (AvgIpc) is 3.05. The van der Waals surface area contributed by atoms with Crippen LogP contribution < -0.4 is 0 Å². The monoisotopic (exact) mass is 351 g/mol. The van der Waals surface area contributed by atoms with Crippen molar-refractivity contribution in [3.05, 3.63) is 40.0 Å². The Kier molecular flexibility index (Phi) is 3.96. The highest BCUT2D eigenvalue weighted by Gasteiger charge is 2.37. The molecule has 0 spiro atoms. The highest BCUT2D eigenvalue weighted by atomic mass is 32.1. The molecule has 5 heteroatoms. The number of hydrogen-bond donors (Lipinski definition) is 0. The Hall–Kier alpha value is -1.33. The summed E-state index contributed by atoms with van der Waals surface area (Å²) in [6, 6.07) is 2.57. The largest absolute Gasteiger partial charge is 0.305 e. The minimum atomic E-state index is -0.917. The lowest BCUT2D eigenvalue weighted by Gasteiger charge is -2.28. The van der Waals surface area contributed by atoms with Crippen molar-refractivity contribution in [2.24, 2.45) is 11.8 Å². The lowest BCUT2D eigenvalue weighted by atomic mass is 9.79. The smallest absolute Gasteiger partial charge is 0.185 e. The van der Waals surface area contributed by atoms with E-state index < -0.39 is 11.6 Å². The SMILES string of the molecule is CN(C)CC1=C(c2c(F)sc3ccc(F)c(F)c23)C2CCC(C1)C2. The zero-order valence-corrected chi connectivity index (χ0v) is 14.7. The normalized spacial score (nSPS) is 23.8. The van der Waals surface area contributed by atoms with Crippen molar-refractivity contribution >= 4 is 27.0 Å². The van der Waals surface area contributed by atoms with Gasteiger partial charge < -0.3 is 4.90 Å². The van der Waals surface area contributed by atoms with E-state index in [2.05, 4.69) is 4.90 Å². The molecule has 0 radical (unpaired) electrons. The van der Waals surface area contributed by atoms with Gasteiger partial charge in [0.15, 0.2) is 16.8 Å². The van der Waals surface area contributed by atoms with Gasteiger partial charge in [0.2, 0.25) is 0 Å². The third-order valence-corrected chi connectivity index (χ3v) is 6.29. The fraction of sp³-hybridized carbons (Fsp3) is 0.474. The molecule has 1 heterocycles. The number of likely N-dealkylation sites (N-methyl/N-ethyl adjacent to an activating group) is 1. The van der Waals surface area contributed by atoms with Crippen LogP contribution in [0.5, 0.6) is 0 Å². The summed E-state index contributed by atoms with van der Waals surface area (Å²) in [5, 5.41) is -0.250. The van der Waals surface area contributed by atoms with Gasteiger partial charge in [-0.05, 0) is 69.3 Å². The molecule has 2 aliphatic rings. The third kappa shape index (κ3) is 2.49. The number of fused-ring (bicyclic) bond motifs is 3. The van der Waals surface area contributed by atoms with Crippen LogP contribution in [0.25, 0.3) is 15.7 Å². The standard InChI is InChI=1S/C19H20F3NS/c1-23(2)9-12-8-10-3-4-11(7-10)15(12)17-16-14(24-19(17)22)6-5-13(20)18(16)21/h5-6,10-11H,3-4,7-9H2,1-2H3. The lowest BCUT2D eigenvalue weighted by Crippen LogP contribution is -2.21. The second-order valence-electron chi connectivity index (χ2n) is 7.32. The summed E-state index contributed by atoms with van der Waals surface area (Å²) in [5.74, 6) is -0.896. The molecule has 0 saturated heterocycles. The van der Waals surface area contributed by atoms with Gasteiger partial charge in [0.25, 0.3) is 0 Å². The molecule has 2 aliphatic carbocycles. The topological polar surface area (TPSA) is 3.24 Å². The summed E-state index contributed by atoms with van der Waals surface area (Å²) in [4.78, 5) is 2.07. The summed E-state index contributed by atoms with van der Waals surface area (Å²) in [7, 11) is 3.98. The van der Waals surface area contributed by atoms with Crippen molar-refractivity contribution in [1.82, 2.24) is 4.90 Å². The molecule has 1 saturated carbocycles. The Morgan fingerprint density at radius 3 is 2.71 bits per heavy atom. The van der Waals surface area contributed by atoms with Crippen molar-refractivity contribution in [2.45, 2.75) is 25.7 Å². The summed E-state index contributed by atoms with van der Waals surface area (Å²) < 4.78 is 43.6. The highest BCUT2D eigenvalue weighted by Crippen LogP contribution is 2.52. The molecule has 2 unspecified atom stereocenters. The molecule has 1 aromatic carbocycles. The molecule has 1 fully saturated rings. The molecule has 1 aromatic heterocycles. The van der Waals surface area contributed by atoms with E-state index in [1.807, 2.05) is 14.1 Å². The first-order valence-corrected chi connectivity index (χ1v) is 9.20. The van der Waals surface area contributed by atoms with Gasteiger partial charge in [-0.2, -0.15) is 4.39 Å². The first-order chi connectivity index (χ1) is 11.5. The van der Waals surface area contributed by atoms with Crippen LogP contribution >= 0.6 is 11.3 Å². The van der Waals surface area contributed by atoms with Crippen molar-refractivity contribution in [1.29, 1.82) is 0 Å². The van der Waals surface area contributed by atoms with E-state index in [-0.39, 0.29) is 16.4 Å². The Balaban J connectivity index is 1.98. The van der Waals surface area contributed by atoms with Crippen LogP contribution in [0.15, 0.2) is 17.7 Å². The molecule has 2 aromatic rings. The maximum Gasteiger partial charge on any atom is 0.185 e. The molecule has 4 rings (SSSR count). The summed E-state index contributed by atoms with van der Waals surface area (Å²) in [6.07, 6.45) is 4.15. The van der Waals surface area contributed by atoms with E-state index >= 15 is 0 Å². The first kappa shape index (κ1) is 16.2. The van der Waals surface area contributed by atoms with Gasteiger partial charge in [-0.15, -0.1) is 11.3 Å². The van der Waals surface area contributed by atoms with Crippen LogP contribution in [0.2, 0.25) is 0 Å². The zero-order chi connectivity index (χ0) is 17.0. The van der Waals surface area contributed by atoms with Crippen molar-refractivity contribution in [3.63, 3.8) is 0 Å². The summed E-state index contributed by atoms with van der Waals surface area (Å²) >= 11 is 0.921. The first-order valence-electron chi connectivity index (χ1n) is 8.38. The van der Waals surface area contributed by atoms with Gasteiger partial charge in [0, 0.05) is 22.2 Å². The van der Waals surface area contributed by atoms with Crippen molar-refractivity contribution < 1.29 is 13.2 Å². The van der Waals surface area contributed by atoms with Gasteiger partial charge in [0.05, 0.1) is 0 Å². The van der Waals surface area contributed by atoms with E-state index in [1.54, 1.807) is 0 Å². The average molecular weight is 351 g/mol. The molecule has 0 aliphatic heterocycles. The number of benzene rings is 1. The molecule has 24 heavy (non-hydrogen) atoms. The van der Waals surface area contributed by atoms with Gasteiger partial charge in [0.1, 0.15) is 0 Å². The van der Waals surface area contributed by atoms with Crippen molar-refractivity contribution in [3.8, 4) is 0 Å². The molecule has 128 valence electrons. The van der Waals surface area contributed by atoms with E-state index in [4.69, 9.17) is 0 Å². The molecular formula is C19H20F3NS. The van der Waals surface area contributed by atoms with E-state index in [9.17, 15) is 13.2 Å². The number of thiophene rings is 1. The Morgan fingerprint density at radius 2 is 1.96 bits per heavy atom. The minimum Gasteiger partial charge on any atom is -0.305 e.